The summed E-state index contributed by atoms with van der Waals surface area (Å²) in [6.07, 6.45) is 4.11. The summed E-state index contributed by atoms with van der Waals surface area (Å²) in [5, 5.41) is 0. The summed E-state index contributed by atoms with van der Waals surface area (Å²) in [5.41, 5.74) is 4.36. The average molecular weight is 300 g/mol. The third-order valence-electron chi connectivity index (χ3n) is 5.43. The van der Waals surface area contributed by atoms with Gasteiger partial charge in [0.25, 0.3) is 0 Å². The van der Waals surface area contributed by atoms with Crippen LogP contribution in [0.1, 0.15) is 57.1 Å². The van der Waals surface area contributed by atoms with Crippen LogP contribution in [0.3, 0.4) is 0 Å². The molecular formula is C19H28N2O. The minimum atomic E-state index is 0.197. The number of carbonyl (C=O) groups excluding carboxylic acids is 1. The molecule has 1 fully saturated rings. The smallest absolute Gasteiger partial charge is 0.219 e. The molecule has 3 aliphatic rings. The molecular weight excluding hydrogens is 272 g/mol. The molecule has 2 aliphatic heterocycles. The third-order valence-corrected chi connectivity index (χ3v) is 5.43. The van der Waals surface area contributed by atoms with Gasteiger partial charge in [0.1, 0.15) is 0 Å². The standard InChI is InChI=1S/C17H22N2O.C2H6/c1-12(20)18-8-9-19-10-13-4-2-6-15(13)16-7-3-5-14(11-18)17(16)19;1-2/h3,5,7,13,15H,2,4,6,8-11H2,1H3;1-2H3. The molecule has 0 aromatic heterocycles. The molecule has 1 aromatic carbocycles. The lowest BCUT2D eigenvalue weighted by atomic mass is 9.82. The van der Waals surface area contributed by atoms with Crippen LogP contribution in [0, 0.1) is 5.92 Å². The number of hydrogen-bond donors (Lipinski definition) is 0. The fraction of sp³-hybridized carbons (Fsp3) is 0.632. The highest BCUT2D eigenvalue weighted by Gasteiger charge is 2.38. The molecule has 0 N–H and O–H groups in total. The summed E-state index contributed by atoms with van der Waals surface area (Å²) in [6, 6.07) is 6.73. The minimum absolute atomic E-state index is 0.197. The first-order chi connectivity index (χ1) is 10.7. The van der Waals surface area contributed by atoms with Crippen molar-refractivity contribution in [3.05, 3.63) is 29.3 Å². The molecule has 1 aromatic rings. The maximum absolute atomic E-state index is 11.8. The first-order valence-electron chi connectivity index (χ1n) is 8.86. The number of rotatable bonds is 0. The van der Waals surface area contributed by atoms with Crippen LogP contribution < -0.4 is 4.90 Å². The van der Waals surface area contributed by atoms with E-state index in [0.29, 0.717) is 0 Å². The lowest BCUT2D eigenvalue weighted by Crippen LogP contribution is -2.39. The fourth-order valence-corrected chi connectivity index (χ4v) is 4.46. The Balaban J connectivity index is 0.000000693. The van der Waals surface area contributed by atoms with E-state index in [-0.39, 0.29) is 5.91 Å². The summed E-state index contributed by atoms with van der Waals surface area (Å²) in [6.45, 7) is 9.52. The second-order valence-electron chi connectivity index (χ2n) is 6.54. The van der Waals surface area contributed by atoms with E-state index in [0.717, 1.165) is 31.5 Å². The highest BCUT2D eigenvalue weighted by molar-refractivity contribution is 5.74. The molecule has 1 aliphatic carbocycles. The predicted molar refractivity (Wildman–Crippen MR) is 91.2 cm³/mol. The lowest BCUT2D eigenvalue weighted by Gasteiger charge is -2.38. The van der Waals surface area contributed by atoms with Gasteiger partial charge >= 0.3 is 0 Å². The molecule has 0 spiro atoms. The highest BCUT2D eigenvalue weighted by atomic mass is 16.2. The van der Waals surface area contributed by atoms with Crippen molar-refractivity contribution >= 4 is 11.6 Å². The molecule has 4 rings (SSSR count). The van der Waals surface area contributed by atoms with Crippen molar-refractivity contribution in [1.82, 2.24) is 4.90 Å². The van der Waals surface area contributed by atoms with Crippen LogP contribution in [0.5, 0.6) is 0 Å². The monoisotopic (exact) mass is 300 g/mol. The minimum Gasteiger partial charge on any atom is -0.369 e. The summed E-state index contributed by atoms with van der Waals surface area (Å²) < 4.78 is 0. The number of hydrogen-bond acceptors (Lipinski definition) is 2. The van der Waals surface area contributed by atoms with Crippen molar-refractivity contribution < 1.29 is 4.79 Å². The molecule has 0 saturated heterocycles. The van der Waals surface area contributed by atoms with E-state index in [1.54, 1.807) is 12.5 Å². The van der Waals surface area contributed by atoms with Gasteiger partial charge in [-0.15, -0.1) is 0 Å². The molecule has 0 radical (unpaired) electrons. The highest BCUT2D eigenvalue weighted by Crippen LogP contribution is 2.49. The number of para-hydroxylation sites is 1. The second-order valence-corrected chi connectivity index (χ2v) is 6.54. The van der Waals surface area contributed by atoms with Gasteiger partial charge < -0.3 is 9.80 Å². The van der Waals surface area contributed by atoms with E-state index in [9.17, 15) is 4.79 Å². The SMILES string of the molecule is CC.CC(=O)N1CCN2CC3CCCC3c3cccc(c32)C1. The van der Waals surface area contributed by atoms with Crippen molar-refractivity contribution in [2.75, 3.05) is 24.5 Å². The van der Waals surface area contributed by atoms with Gasteiger partial charge in [-0.1, -0.05) is 38.5 Å². The second kappa shape index (κ2) is 6.31. The zero-order valence-corrected chi connectivity index (χ0v) is 14.1. The van der Waals surface area contributed by atoms with E-state index in [1.165, 1.54) is 37.1 Å². The molecule has 2 unspecified atom stereocenters. The molecule has 1 saturated carbocycles. The Hall–Kier alpha value is -1.51. The predicted octanol–water partition coefficient (Wildman–Crippen LogP) is 3.78. The van der Waals surface area contributed by atoms with Crippen LogP contribution in [0.2, 0.25) is 0 Å². The van der Waals surface area contributed by atoms with Crippen molar-refractivity contribution in [3.63, 3.8) is 0 Å². The van der Waals surface area contributed by atoms with Gasteiger partial charge in [0.05, 0.1) is 0 Å². The van der Waals surface area contributed by atoms with Gasteiger partial charge in [-0.2, -0.15) is 0 Å². The summed E-state index contributed by atoms with van der Waals surface area (Å²) in [4.78, 5) is 16.3. The molecule has 120 valence electrons. The van der Waals surface area contributed by atoms with Gasteiger partial charge in [-0.05, 0) is 35.8 Å². The first-order valence-corrected chi connectivity index (χ1v) is 8.86. The fourth-order valence-electron chi connectivity index (χ4n) is 4.46. The van der Waals surface area contributed by atoms with Gasteiger partial charge in [-0.25, -0.2) is 0 Å². The van der Waals surface area contributed by atoms with Crippen LogP contribution in [0.25, 0.3) is 0 Å². The quantitative estimate of drug-likeness (QED) is 0.728. The zero-order valence-electron chi connectivity index (χ0n) is 14.1. The Morgan fingerprint density at radius 2 is 2.00 bits per heavy atom. The molecule has 0 bridgehead atoms. The third kappa shape index (κ3) is 2.51. The Labute approximate surface area is 134 Å². The molecule has 2 heterocycles. The topological polar surface area (TPSA) is 23.6 Å². The van der Waals surface area contributed by atoms with Crippen LogP contribution in [0.4, 0.5) is 5.69 Å². The Morgan fingerprint density at radius 3 is 2.77 bits per heavy atom. The number of benzene rings is 1. The van der Waals surface area contributed by atoms with Crippen molar-refractivity contribution in [1.29, 1.82) is 0 Å². The number of amides is 1. The Morgan fingerprint density at radius 1 is 1.18 bits per heavy atom. The molecule has 2 atom stereocenters. The van der Waals surface area contributed by atoms with Gasteiger partial charge in [0.15, 0.2) is 0 Å². The van der Waals surface area contributed by atoms with Crippen molar-refractivity contribution in [3.8, 4) is 0 Å². The maximum Gasteiger partial charge on any atom is 0.219 e. The zero-order chi connectivity index (χ0) is 15.7. The molecule has 3 heteroatoms. The van der Waals surface area contributed by atoms with Crippen LogP contribution in [-0.2, 0) is 11.3 Å². The molecule has 3 nitrogen and oxygen atoms in total. The normalized spacial score (nSPS) is 25.6. The van der Waals surface area contributed by atoms with E-state index in [2.05, 4.69) is 23.1 Å². The van der Waals surface area contributed by atoms with E-state index >= 15 is 0 Å². The lowest BCUT2D eigenvalue weighted by molar-refractivity contribution is -0.129. The van der Waals surface area contributed by atoms with Gasteiger partial charge in [-0.3, -0.25) is 4.79 Å². The van der Waals surface area contributed by atoms with Crippen molar-refractivity contribution in [2.24, 2.45) is 5.92 Å². The van der Waals surface area contributed by atoms with Gasteiger partial charge in [0, 0.05) is 38.8 Å². The number of nitrogens with zero attached hydrogens (tertiary/aromatic N) is 2. The van der Waals surface area contributed by atoms with Crippen LogP contribution in [0.15, 0.2) is 18.2 Å². The average Bonchev–Trinajstić information content (AvgIpc) is 2.93. The summed E-state index contributed by atoms with van der Waals surface area (Å²) in [7, 11) is 0. The number of anilines is 1. The number of carbonyl (C=O) groups is 1. The molecule has 22 heavy (non-hydrogen) atoms. The molecule has 1 amide bonds. The van der Waals surface area contributed by atoms with E-state index in [4.69, 9.17) is 0 Å². The van der Waals surface area contributed by atoms with E-state index in [1.807, 2.05) is 18.7 Å². The van der Waals surface area contributed by atoms with Gasteiger partial charge in [0.2, 0.25) is 5.91 Å². The maximum atomic E-state index is 11.8. The van der Waals surface area contributed by atoms with Crippen LogP contribution >= 0.6 is 0 Å². The first kappa shape index (κ1) is 15.4. The van der Waals surface area contributed by atoms with E-state index < -0.39 is 0 Å². The largest absolute Gasteiger partial charge is 0.369 e. The van der Waals surface area contributed by atoms with Crippen LogP contribution in [-0.4, -0.2) is 30.4 Å². The summed E-state index contributed by atoms with van der Waals surface area (Å²) >= 11 is 0. The Kier molecular flexibility index (Phi) is 4.42. The summed E-state index contributed by atoms with van der Waals surface area (Å²) in [5.74, 6) is 1.80. The Bertz CT molecular complexity index is 554. The van der Waals surface area contributed by atoms with Crippen molar-refractivity contribution in [2.45, 2.75) is 52.5 Å². The number of fused-ring (bicyclic) bond motifs is 2.